The highest BCUT2D eigenvalue weighted by Crippen LogP contribution is 2.16. The van der Waals surface area contributed by atoms with Crippen LogP contribution in [0.2, 0.25) is 0 Å². The summed E-state index contributed by atoms with van der Waals surface area (Å²) < 4.78 is 22.8. The topological polar surface area (TPSA) is 84.5 Å². The van der Waals surface area contributed by atoms with Gasteiger partial charge in [-0.05, 0) is 24.1 Å². The molecule has 0 saturated carbocycles. The summed E-state index contributed by atoms with van der Waals surface area (Å²) in [5.74, 6) is 0.356. The molecule has 1 rings (SSSR count). The lowest BCUT2D eigenvalue weighted by Crippen LogP contribution is -2.30. The third kappa shape index (κ3) is 3.74. The first-order valence-corrected chi connectivity index (χ1v) is 6.99. The van der Waals surface area contributed by atoms with Crippen molar-refractivity contribution in [2.45, 2.75) is 18.4 Å². The Morgan fingerprint density at radius 3 is 2.59 bits per heavy atom. The van der Waals surface area contributed by atoms with Gasteiger partial charge in [-0.1, -0.05) is 12.1 Å². The van der Waals surface area contributed by atoms with Gasteiger partial charge in [-0.2, -0.15) is 0 Å². The van der Waals surface area contributed by atoms with Crippen LogP contribution in [0.5, 0.6) is 0 Å². The lowest BCUT2D eigenvalue weighted by molar-refractivity contribution is 0.601. The summed E-state index contributed by atoms with van der Waals surface area (Å²) in [5.41, 5.74) is 7.20. The molecule has 6 heteroatoms. The summed E-state index contributed by atoms with van der Waals surface area (Å²) in [4.78, 5) is 4.13. The van der Waals surface area contributed by atoms with Crippen molar-refractivity contribution in [2.75, 3.05) is 13.3 Å². The average Bonchev–Trinajstić information content (AvgIpc) is 2.24. The molecule has 0 aliphatic rings. The van der Waals surface area contributed by atoms with E-state index < -0.39 is 9.84 Å². The molecule has 0 saturated heterocycles. The van der Waals surface area contributed by atoms with Gasteiger partial charge in [-0.25, -0.2) is 8.42 Å². The van der Waals surface area contributed by atoms with E-state index in [0.29, 0.717) is 17.4 Å². The van der Waals surface area contributed by atoms with Gasteiger partial charge in [0, 0.05) is 19.8 Å². The Morgan fingerprint density at radius 1 is 1.47 bits per heavy atom. The van der Waals surface area contributed by atoms with Crippen LogP contribution in [0, 0.1) is 6.92 Å². The molecule has 0 radical (unpaired) electrons. The van der Waals surface area contributed by atoms with E-state index in [1.165, 1.54) is 6.26 Å². The number of nitrogens with two attached hydrogens (primary N) is 1. The minimum absolute atomic E-state index is 0.356. The lowest BCUT2D eigenvalue weighted by Gasteiger charge is -2.08. The maximum Gasteiger partial charge on any atom is 0.188 e. The van der Waals surface area contributed by atoms with Crippen LogP contribution in [0.3, 0.4) is 0 Å². The molecule has 0 heterocycles. The average molecular weight is 255 g/mol. The predicted molar refractivity (Wildman–Crippen MR) is 68.7 cm³/mol. The monoisotopic (exact) mass is 255 g/mol. The van der Waals surface area contributed by atoms with E-state index in [1.54, 1.807) is 26.1 Å². The molecular weight excluding hydrogens is 238 g/mol. The van der Waals surface area contributed by atoms with Crippen LogP contribution in [0.25, 0.3) is 0 Å². The smallest absolute Gasteiger partial charge is 0.188 e. The number of rotatable bonds is 3. The Kier molecular flexibility index (Phi) is 4.11. The minimum Gasteiger partial charge on any atom is -0.370 e. The SMILES string of the molecule is CN=C(N)NCc1ccc(S(C)(=O)=O)c(C)c1. The molecule has 0 amide bonds. The number of benzene rings is 1. The number of hydrogen-bond donors (Lipinski definition) is 2. The van der Waals surface area contributed by atoms with Gasteiger partial charge in [-0.3, -0.25) is 4.99 Å². The number of sulfone groups is 1. The highest BCUT2D eigenvalue weighted by Gasteiger charge is 2.10. The number of hydrogen-bond acceptors (Lipinski definition) is 3. The molecule has 0 aliphatic carbocycles. The maximum atomic E-state index is 11.4. The molecule has 0 bridgehead atoms. The third-order valence-electron chi connectivity index (χ3n) is 2.35. The van der Waals surface area contributed by atoms with Gasteiger partial charge in [0.1, 0.15) is 0 Å². The molecular formula is C11H17N3O2S. The van der Waals surface area contributed by atoms with Gasteiger partial charge in [0.25, 0.3) is 0 Å². The van der Waals surface area contributed by atoms with Gasteiger partial charge >= 0.3 is 0 Å². The Morgan fingerprint density at radius 2 is 2.12 bits per heavy atom. The molecule has 0 atom stereocenters. The van der Waals surface area contributed by atoms with Crippen LogP contribution in [0.1, 0.15) is 11.1 Å². The summed E-state index contributed by atoms with van der Waals surface area (Å²) in [5, 5.41) is 2.91. The van der Waals surface area contributed by atoms with Crippen LogP contribution >= 0.6 is 0 Å². The maximum absolute atomic E-state index is 11.4. The lowest BCUT2D eigenvalue weighted by atomic mass is 10.1. The summed E-state index contributed by atoms with van der Waals surface area (Å²) in [6.07, 6.45) is 1.20. The summed E-state index contributed by atoms with van der Waals surface area (Å²) in [6, 6.07) is 5.20. The largest absolute Gasteiger partial charge is 0.370 e. The molecule has 0 spiro atoms. The number of aliphatic imine (C=N–C) groups is 1. The first kappa shape index (κ1) is 13.5. The number of nitrogens with zero attached hydrogens (tertiary/aromatic N) is 1. The molecule has 3 N–H and O–H groups in total. The molecule has 5 nitrogen and oxygen atoms in total. The van der Waals surface area contributed by atoms with E-state index in [9.17, 15) is 8.42 Å². The van der Waals surface area contributed by atoms with E-state index in [1.807, 2.05) is 6.07 Å². The Hall–Kier alpha value is -1.56. The Balaban J connectivity index is 2.90. The highest BCUT2D eigenvalue weighted by atomic mass is 32.2. The Labute approximate surface area is 102 Å². The Bertz CT molecular complexity index is 536. The second-order valence-corrected chi connectivity index (χ2v) is 5.82. The van der Waals surface area contributed by atoms with E-state index >= 15 is 0 Å². The van der Waals surface area contributed by atoms with E-state index in [4.69, 9.17) is 5.73 Å². The zero-order valence-electron chi connectivity index (χ0n) is 10.2. The van der Waals surface area contributed by atoms with Crippen molar-refractivity contribution < 1.29 is 8.42 Å². The van der Waals surface area contributed by atoms with Crippen LogP contribution in [0.4, 0.5) is 0 Å². The van der Waals surface area contributed by atoms with Gasteiger partial charge in [0.05, 0.1) is 4.90 Å². The molecule has 0 aliphatic heterocycles. The first-order chi connectivity index (χ1) is 7.84. The normalized spacial score (nSPS) is 12.5. The van der Waals surface area contributed by atoms with Crippen molar-refractivity contribution in [3.05, 3.63) is 29.3 Å². The van der Waals surface area contributed by atoms with Gasteiger partial charge in [0.15, 0.2) is 15.8 Å². The van der Waals surface area contributed by atoms with E-state index in [-0.39, 0.29) is 0 Å². The van der Waals surface area contributed by atoms with Crippen LogP contribution < -0.4 is 11.1 Å². The zero-order valence-corrected chi connectivity index (χ0v) is 11.0. The molecule has 0 fully saturated rings. The third-order valence-corrected chi connectivity index (χ3v) is 3.61. The van der Waals surface area contributed by atoms with Crippen molar-refractivity contribution in [1.29, 1.82) is 0 Å². The fourth-order valence-electron chi connectivity index (χ4n) is 1.51. The molecule has 94 valence electrons. The van der Waals surface area contributed by atoms with E-state index in [2.05, 4.69) is 10.3 Å². The van der Waals surface area contributed by atoms with Crippen molar-refractivity contribution in [3.8, 4) is 0 Å². The van der Waals surface area contributed by atoms with E-state index in [0.717, 1.165) is 11.1 Å². The number of aryl methyl sites for hydroxylation is 1. The summed E-state index contributed by atoms with van der Waals surface area (Å²) >= 11 is 0. The molecule has 1 aromatic carbocycles. The fourth-order valence-corrected chi connectivity index (χ4v) is 2.47. The van der Waals surface area contributed by atoms with Crippen molar-refractivity contribution in [1.82, 2.24) is 5.32 Å². The quantitative estimate of drug-likeness (QED) is 0.606. The van der Waals surface area contributed by atoms with Gasteiger partial charge in [0.2, 0.25) is 0 Å². The second kappa shape index (κ2) is 5.18. The number of nitrogens with one attached hydrogen (secondary N) is 1. The molecule has 1 aromatic rings. The van der Waals surface area contributed by atoms with Gasteiger partial charge < -0.3 is 11.1 Å². The predicted octanol–water partition coefficient (Wildman–Crippen LogP) is 0.433. The minimum atomic E-state index is -3.16. The molecule has 0 aromatic heterocycles. The van der Waals surface area contributed by atoms with Crippen LogP contribution in [0.15, 0.2) is 28.1 Å². The summed E-state index contributed by atoms with van der Waals surface area (Å²) in [7, 11) is -1.56. The zero-order chi connectivity index (χ0) is 13.1. The van der Waals surface area contributed by atoms with Crippen molar-refractivity contribution in [3.63, 3.8) is 0 Å². The second-order valence-electron chi connectivity index (χ2n) is 3.83. The molecule has 17 heavy (non-hydrogen) atoms. The van der Waals surface area contributed by atoms with Crippen molar-refractivity contribution >= 4 is 15.8 Å². The van der Waals surface area contributed by atoms with Crippen molar-refractivity contribution in [2.24, 2.45) is 10.7 Å². The summed E-state index contributed by atoms with van der Waals surface area (Å²) in [6.45, 7) is 2.30. The first-order valence-electron chi connectivity index (χ1n) is 5.10. The van der Waals surface area contributed by atoms with Crippen LogP contribution in [-0.4, -0.2) is 27.7 Å². The fraction of sp³-hybridized carbons (Fsp3) is 0.364. The highest BCUT2D eigenvalue weighted by molar-refractivity contribution is 7.90. The van der Waals surface area contributed by atoms with Crippen LogP contribution in [-0.2, 0) is 16.4 Å². The molecule has 0 unspecified atom stereocenters. The standard InChI is InChI=1S/C11H17N3O2S/c1-8-6-9(7-14-11(12)13-2)4-5-10(8)17(3,15)16/h4-6H,7H2,1-3H3,(H3,12,13,14). The van der Waals surface area contributed by atoms with Gasteiger partial charge in [-0.15, -0.1) is 0 Å². The number of guanidine groups is 1.